The van der Waals surface area contributed by atoms with Crippen LogP contribution in [0.5, 0.6) is 0 Å². The molecule has 2 aromatic carbocycles. The van der Waals surface area contributed by atoms with Crippen LogP contribution in [0.4, 0.5) is 5.69 Å². The molecule has 2 aromatic rings. The Balaban J connectivity index is 1.61. The lowest BCUT2D eigenvalue weighted by atomic mass is 9.96. The Hall–Kier alpha value is -2.66. The van der Waals surface area contributed by atoms with Gasteiger partial charge in [0.25, 0.3) is 5.91 Å². The minimum Gasteiger partial charge on any atom is -0.349 e. The lowest BCUT2D eigenvalue weighted by molar-refractivity contribution is -0.115. The number of nitrogens with one attached hydrogen (secondary N) is 3. The zero-order valence-electron chi connectivity index (χ0n) is 17.3. The fourth-order valence-corrected chi connectivity index (χ4v) is 3.92. The first kappa shape index (κ1) is 21.1. The molecule has 0 saturated heterocycles. The number of hydrogen-bond acceptors (Lipinski definition) is 3. The summed E-state index contributed by atoms with van der Waals surface area (Å²) in [5.41, 5.74) is 2.22. The van der Waals surface area contributed by atoms with Gasteiger partial charge in [0.2, 0.25) is 5.91 Å². The fourth-order valence-electron chi connectivity index (χ4n) is 3.92. The van der Waals surface area contributed by atoms with Crippen molar-refractivity contribution in [3.63, 3.8) is 0 Å². The molecule has 154 valence electrons. The van der Waals surface area contributed by atoms with Gasteiger partial charge in [0.05, 0.1) is 17.8 Å². The van der Waals surface area contributed by atoms with E-state index in [0.29, 0.717) is 17.2 Å². The largest absolute Gasteiger partial charge is 0.349 e. The molecular formula is C24H31N3O2. The number of benzene rings is 2. The number of para-hydroxylation sites is 1. The van der Waals surface area contributed by atoms with Crippen LogP contribution >= 0.6 is 0 Å². The van der Waals surface area contributed by atoms with Gasteiger partial charge in [-0.15, -0.1) is 0 Å². The van der Waals surface area contributed by atoms with Gasteiger partial charge in [-0.05, 0) is 36.5 Å². The van der Waals surface area contributed by atoms with Crippen molar-refractivity contribution in [2.75, 3.05) is 11.9 Å². The average Bonchev–Trinajstić information content (AvgIpc) is 3.22. The minimum atomic E-state index is -0.160. The summed E-state index contributed by atoms with van der Waals surface area (Å²) in [6, 6.07) is 17.6. The van der Waals surface area contributed by atoms with Crippen molar-refractivity contribution in [3.05, 3.63) is 65.7 Å². The molecule has 1 fully saturated rings. The molecule has 0 unspecified atom stereocenters. The maximum absolute atomic E-state index is 12.7. The number of carbonyl (C=O) groups is 2. The number of hydrogen-bond donors (Lipinski definition) is 3. The van der Waals surface area contributed by atoms with Crippen LogP contribution in [0, 0.1) is 5.92 Å². The number of amides is 2. The van der Waals surface area contributed by atoms with Gasteiger partial charge >= 0.3 is 0 Å². The molecule has 2 amide bonds. The number of anilines is 1. The van der Waals surface area contributed by atoms with Crippen LogP contribution in [0.2, 0.25) is 0 Å². The maximum atomic E-state index is 12.7. The molecule has 1 aliphatic carbocycles. The third-order valence-corrected chi connectivity index (χ3v) is 5.44. The third-order valence-electron chi connectivity index (χ3n) is 5.44. The first-order valence-electron chi connectivity index (χ1n) is 10.5. The molecule has 5 heteroatoms. The molecule has 0 aromatic heterocycles. The Bertz CT molecular complexity index is 814. The lowest BCUT2D eigenvalue weighted by Gasteiger charge is -2.23. The van der Waals surface area contributed by atoms with E-state index in [1.54, 1.807) is 12.1 Å². The molecule has 1 saturated carbocycles. The van der Waals surface area contributed by atoms with Crippen molar-refractivity contribution in [2.24, 2.45) is 5.92 Å². The second-order valence-corrected chi connectivity index (χ2v) is 8.06. The fraction of sp³-hybridized carbons (Fsp3) is 0.417. The number of carbonyl (C=O) groups excluding carboxylic acids is 2. The predicted octanol–water partition coefficient (Wildman–Crippen LogP) is 4.28. The minimum absolute atomic E-state index is 0.0860. The van der Waals surface area contributed by atoms with Gasteiger partial charge in [0, 0.05) is 12.1 Å². The Labute approximate surface area is 173 Å². The van der Waals surface area contributed by atoms with Crippen molar-refractivity contribution >= 4 is 17.5 Å². The first-order chi connectivity index (χ1) is 14.0. The zero-order chi connectivity index (χ0) is 20.6. The highest BCUT2D eigenvalue weighted by Gasteiger charge is 2.21. The molecule has 1 atom stereocenters. The van der Waals surface area contributed by atoms with Crippen LogP contribution in [0.15, 0.2) is 54.6 Å². The van der Waals surface area contributed by atoms with E-state index in [0.717, 1.165) is 31.2 Å². The summed E-state index contributed by atoms with van der Waals surface area (Å²) < 4.78 is 0. The van der Waals surface area contributed by atoms with Crippen LogP contribution in [0.25, 0.3) is 0 Å². The molecule has 5 nitrogen and oxygen atoms in total. The second-order valence-electron chi connectivity index (χ2n) is 8.06. The Morgan fingerprint density at radius 2 is 1.62 bits per heavy atom. The highest BCUT2D eigenvalue weighted by atomic mass is 16.2. The zero-order valence-corrected chi connectivity index (χ0v) is 17.3. The summed E-state index contributed by atoms with van der Waals surface area (Å²) in [6.07, 6.45) is 4.38. The molecule has 3 N–H and O–H groups in total. The summed E-state index contributed by atoms with van der Waals surface area (Å²) in [7, 11) is 0. The highest BCUT2D eigenvalue weighted by Crippen LogP contribution is 2.22. The van der Waals surface area contributed by atoms with Crippen LogP contribution in [-0.2, 0) is 4.79 Å². The predicted molar refractivity (Wildman–Crippen MR) is 117 cm³/mol. The molecule has 0 radical (unpaired) electrons. The molecule has 3 rings (SSSR count). The van der Waals surface area contributed by atoms with Crippen molar-refractivity contribution < 1.29 is 9.59 Å². The van der Waals surface area contributed by atoms with E-state index >= 15 is 0 Å². The van der Waals surface area contributed by atoms with E-state index in [4.69, 9.17) is 0 Å². The molecule has 29 heavy (non-hydrogen) atoms. The van der Waals surface area contributed by atoms with E-state index in [9.17, 15) is 9.59 Å². The molecule has 0 bridgehead atoms. The molecule has 0 spiro atoms. The van der Waals surface area contributed by atoms with Gasteiger partial charge in [-0.3, -0.25) is 9.59 Å². The summed E-state index contributed by atoms with van der Waals surface area (Å²) in [6.45, 7) is 4.44. The van der Waals surface area contributed by atoms with E-state index in [2.05, 4.69) is 41.9 Å². The van der Waals surface area contributed by atoms with Crippen molar-refractivity contribution in [3.8, 4) is 0 Å². The Morgan fingerprint density at radius 3 is 2.31 bits per heavy atom. The third kappa shape index (κ3) is 5.91. The van der Waals surface area contributed by atoms with E-state index in [-0.39, 0.29) is 30.4 Å². The normalized spacial score (nSPS) is 15.3. The topological polar surface area (TPSA) is 70.2 Å². The molecule has 1 aliphatic rings. The smallest absolute Gasteiger partial charge is 0.253 e. The summed E-state index contributed by atoms with van der Waals surface area (Å²) in [5.74, 6) is 0.0625. The van der Waals surface area contributed by atoms with E-state index in [1.165, 1.54) is 0 Å². The second kappa shape index (κ2) is 10.2. The van der Waals surface area contributed by atoms with Crippen LogP contribution in [-0.4, -0.2) is 24.4 Å². The quantitative estimate of drug-likeness (QED) is 0.627. The van der Waals surface area contributed by atoms with E-state index < -0.39 is 0 Å². The Kier molecular flexibility index (Phi) is 7.42. The van der Waals surface area contributed by atoms with Crippen LogP contribution < -0.4 is 16.0 Å². The molecule has 0 heterocycles. The van der Waals surface area contributed by atoms with Crippen molar-refractivity contribution in [2.45, 2.75) is 51.6 Å². The van der Waals surface area contributed by atoms with Crippen molar-refractivity contribution in [1.29, 1.82) is 0 Å². The van der Waals surface area contributed by atoms with Crippen LogP contribution in [0.3, 0.4) is 0 Å². The van der Waals surface area contributed by atoms with Gasteiger partial charge in [0.15, 0.2) is 0 Å². The Morgan fingerprint density at radius 1 is 0.966 bits per heavy atom. The van der Waals surface area contributed by atoms with Crippen molar-refractivity contribution in [1.82, 2.24) is 10.6 Å². The summed E-state index contributed by atoms with van der Waals surface area (Å²) in [4.78, 5) is 25.3. The summed E-state index contributed by atoms with van der Waals surface area (Å²) in [5, 5.41) is 9.34. The molecular weight excluding hydrogens is 362 g/mol. The number of rotatable bonds is 8. The van der Waals surface area contributed by atoms with Gasteiger partial charge in [-0.2, -0.15) is 0 Å². The highest BCUT2D eigenvalue weighted by molar-refractivity contribution is 6.04. The SMILES string of the molecule is CC(C)[C@@H](NCC(=O)Nc1ccccc1C(=O)NC1CCCC1)c1ccccc1. The first-order valence-corrected chi connectivity index (χ1v) is 10.5. The van der Waals surface area contributed by atoms with Gasteiger partial charge in [0.1, 0.15) is 0 Å². The summed E-state index contributed by atoms with van der Waals surface area (Å²) >= 11 is 0. The maximum Gasteiger partial charge on any atom is 0.253 e. The lowest BCUT2D eigenvalue weighted by Crippen LogP contribution is -2.35. The van der Waals surface area contributed by atoms with Gasteiger partial charge in [-0.1, -0.05) is 69.2 Å². The molecule has 0 aliphatic heterocycles. The van der Waals surface area contributed by atoms with E-state index in [1.807, 2.05) is 30.3 Å². The van der Waals surface area contributed by atoms with Gasteiger partial charge in [-0.25, -0.2) is 0 Å². The standard InChI is InChI=1S/C24H31N3O2/c1-17(2)23(18-10-4-3-5-11-18)25-16-22(28)27-21-15-9-8-14-20(21)24(29)26-19-12-6-7-13-19/h3-5,8-11,14-15,17,19,23,25H,6-7,12-13,16H2,1-2H3,(H,26,29)(H,27,28)/t23-/m1/s1. The van der Waals surface area contributed by atoms with Gasteiger partial charge < -0.3 is 16.0 Å². The average molecular weight is 394 g/mol. The monoisotopic (exact) mass is 393 g/mol. The van der Waals surface area contributed by atoms with Crippen LogP contribution in [0.1, 0.15) is 61.5 Å².